The van der Waals surface area contributed by atoms with Crippen LogP contribution in [0.2, 0.25) is 0 Å². The second kappa shape index (κ2) is 11.5. The number of aliphatic hydroxyl groups excluding tert-OH is 1. The molecule has 6 heteroatoms. The molecule has 27 heavy (non-hydrogen) atoms. The van der Waals surface area contributed by atoms with Crippen LogP contribution >= 0.6 is 0 Å². The van der Waals surface area contributed by atoms with Gasteiger partial charge in [0, 0.05) is 32.2 Å². The fourth-order valence-corrected chi connectivity index (χ4v) is 3.20. The fraction of sp³-hybridized carbons (Fsp3) is 0.714. The molecular formula is C21H37N3O3. The van der Waals surface area contributed by atoms with Gasteiger partial charge in [0.15, 0.2) is 11.5 Å². The van der Waals surface area contributed by atoms with Crippen LogP contribution in [0.5, 0.6) is 11.5 Å². The maximum absolute atomic E-state index is 10.2. The summed E-state index contributed by atoms with van der Waals surface area (Å²) in [7, 11) is 3.64. The van der Waals surface area contributed by atoms with E-state index in [1.165, 1.54) is 25.9 Å². The van der Waals surface area contributed by atoms with E-state index in [9.17, 15) is 5.11 Å². The molecule has 2 N–H and O–H groups in total. The minimum Gasteiger partial charge on any atom is -0.493 e. The summed E-state index contributed by atoms with van der Waals surface area (Å²) in [6.07, 6.45) is 2.13. The summed E-state index contributed by atoms with van der Waals surface area (Å²) in [6, 6.07) is 6.38. The normalized spacial score (nSPS) is 16.3. The molecular weight excluding hydrogens is 342 g/mol. The predicted molar refractivity (Wildman–Crippen MR) is 110 cm³/mol. The van der Waals surface area contributed by atoms with E-state index in [0.717, 1.165) is 25.2 Å². The molecule has 1 heterocycles. The molecule has 6 nitrogen and oxygen atoms in total. The number of aliphatic hydroxyl groups is 1. The molecule has 154 valence electrons. The van der Waals surface area contributed by atoms with Crippen LogP contribution < -0.4 is 14.8 Å². The quantitative estimate of drug-likeness (QED) is 0.542. The Labute approximate surface area is 164 Å². The van der Waals surface area contributed by atoms with Gasteiger partial charge in [-0.15, -0.1) is 0 Å². The van der Waals surface area contributed by atoms with Crippen LogP contribution in [0.1, 0.15) is 32.3 Å². The highest BCUT2D eigenvalue weighted by Crippen LogP contribution is 2.28. The summed E-state index contributed by atoms with van der Waals surface area (Å²) in [5.74, 6) is 1.38. The largest absolute Gasteiger partial charge is 0.493 e. The molecule has 0 saturated carbocycles. The van der Waals surface area contributed by atoms with Gasteiger partial charge in [0.1, 0.15) is 12.7 Å². The zero-order valence-electron chi connectivity index (χ0n) is 17.4. The number of benzene rings is 1. The zero-order valence-corrected chi connectivity index (χ0v) is 17.4. The number of ether oxygens (including phenoxy) is 2. The van der Waals surface area contributed by atoms with Gasteiger partial charge in [-0.05, 0) is 64.5 Å². The monoisotopic (exact) mass is 379 g/mol. The Morgan fingerprint density at radius 1 is 1.22 bits per heavy atom. The van der Waals surface area contributed by atoms with Crippen LogP contribution in [0.4, 0.5) is 0 Å². The van der Waals surface area contributed by atoms with E-state index in [1.54, 1.807) is 7.11 Å². The van der Waals surface area contributed by atoms with Crippen molar-refractivity contribution in [3.05, 3.63) is 23.8 Å². The van der Waals surface area contributed by atoms with Crippen molar-refractivity contribution < 1.29 is 14.6 Å². The number of nitrogens with one attached hydrogen (secondary N) is 1. The minimum absolute atomic E-state index is 0.249. The van der Waals surface area contributed by atoms with Gasteiger partial charge < -0.3 is 29.7 Å². The van der Waals surface area contributed by atoms with Crippen molar-refractivity contribution in [3.63, 3.8) is 0 Å². The van der Waals surface area contributed by atoms with Crippen LogP contribution in [0.15, 0.2) is 18.2 Å². The van der Waals surface area contributed by atoms with E-state index >= 15 is 0 Å². The number of hydrogen-bond acceptors (Lipinski definition) is 6. The minimum atomic E-state index is -0.538. The molecule has 0 radical (unpaired) electrons. The third kappa shape index (κ3) is 7.66. The van der Waals surface area contributed by atoms with Crippen molar-refractivity contribution in [1.82, 2.24) is 15.1 Å². The van der Waals surface area contributed by atoms with Gasteiger partial charge in [-0.3, -0.25) is 0 Å². The summed E-state index contributed by atoms with van der Waals surface area (Å²) in [6.45, 7) is 10.4. The SMILES string of the molecule is COc1ccc(CNCCN2CCCC2)cc1OCC(O)CN(C)C(C)C. The number of hydrogen-bond donors (Lipinski definition) is 2. The summed E-state index contributed by atoms with van der Waals surface area (Å²) in [4.78, 5) is 4.61. The van der Waals surface area contributed by atoms with Gasteiger partial charge in [0.05, 0.1) is 7.11 Å². The lowest BCUT2D eigenvalue weighted by atomic mass is 10.2. The molecule has 1 aliphatic heterocycles. The van der Waals surface area contributed by atoms with E-state index < -0.39 is 6.10 Å². The molecule has 0 amide bonds. The standard InChI is InChI=1S/C21H37N3O3/c1-17(2)23(3)15-19(25)16-27-21-13-18(7-8-20(21)26-4)14-22-9-12-24-10-5-6-11-24/h7-8,13,17,19,22,25H,5-6,9-12,14-16H2,1-4H3. The van der Waals surface area contributed by atoms with Crippen molar-refractivity contribution in [2.24, 2.45) is 0 Å². The summed E-state index contributed by atoms with van der Waals surface area (Å²) < 4.78 is 11.3. The highest BCUT2D eigenvalue weighted by atomic mass is 16.5. The Hall–Kier alpha value is -1.34. The van der Waals surface area contributed by atoms with Crippen molar-refractivity contribution in [3.8, 4) is 11.5 Å². The van der Waals surface area contributed by atoms with Crippen molar-refractivity contribution >= 4 is 0 Å². The third-order valence-corrected chi connectivity index (χ3v) is 5.17. The van der Waals surface area contributed by atoms with Gasteiger partial charge in [0.2, 0.25) is 0 Å². The lowest BCUT2D eigenvalue weighted by Crippen LogP contribution is -2.37. The second-order valence-corrected chi connectivity index (χ2v) is 7.71. The molecule has 1 atom stereocenters. The molecule has 0 aliphatic carbocycles. The highest BCUT2D eigenvalue weighted by molar-refractivity contribution is 5.43. The van der Waals surface area contributed by atoms with Crippen LogP contribution in [0.25, 0.3) is 0 Å². The number of rotatable bonds is 12. The van der Waals surface area contributed by atoms with E-state index in [-0.39, 0.29) is 6.61 Å². The highest BCUT2D eigenvalue weighted by Gasteiger charge is 2.14. The number of methoxy groups -OCH3 is 1. The summed E-state index contributed by atoms with van der Waals surface area (Å²) >= 11 is 0. The first-order valence-electron chi connectivity index (χ1n) is 10.1. The number of nitrogens with zero attached hydrogens (tertiary/aromatic N) is 2. The van der Waals surface area contributed by atoms with Crippen molar-refractivity contribution in [2.45, 2.75) is 45.4 Å². The molecule has 1 aromatic carbocycles. The lowest BCUT2D eigenvalue weighted by Gasteiger charge is -2.24. The first kappa shape index (κ1) is 22.0. The smallest absolute Gasteiger partial charge is 0.161 e. The van der Waals surface area contributed by atoms with Gasteiger partial charge in [-0.1, -0.05) is 6.07 Å². The average Bonchev–Trinajstić information content (AvgIpc) is 3.17. The predicted octanol–water partition coefficient (Wildman–Crippen LogP) is 1.96. The molecule has 0 bridgehead atoms. The Balaban J connectivity index is 1.80. The number of likely N-dealkylation sites (N-methyl/N-ethyl adjacent to an activating group) is 1. The Morgan fingerprint density at radius 2 is 1.96 bits per heavy atom. The van der Waals surface area contributed by atoms with Gasteiger partial charge in [-0.2, -0.15) is 0 Å². The molecule has 0 spiro atoms. The van der Waals surface area contributed by atoms with E-state index in [2.05, 4.69) is 35.0 Å². The van der Waals surface area contributed by atoms with Crippen molar-refractivity contribution in [1.29, 1.82) is 0 Å². The first-order chi connectivity index (χ1) is 13.0. The Kier molecular flexibility index (Phi) is 9.34. The molecule has 1 aromatic rings. The van der Waals surface area contributed by atoms with E-state index in [0.29, 0.717) is 24.1 Å². The molecule has 0 aromatic heterocycles. The van der Waals surface area contributed by atoms with Crippen LogP contribution in [0, 0.1) is 0 Å². The van der Waals surface area contributed by atoms with Gasteiger partial charge in [0.25, 0.3) is 0 Å². The second-order valence-electron chi connectivity index (χ2n) is 7.71. The summed E-state index contributed by atoms with van der Waals surface area (Å²) in [5.41, 5.74) is 1.15. The van der Waals surface area contributed by atoms with E-state index in [1.807, 2.05) is 19.2 Å². The molecule has 1 unspecified atom stereocenters. The maximum Gasteiger partial charge on any atom is 0.161 e. The van der Waals surface area contributed by atoms with Crippen LogP contribution in [-0.4, -0.2) is 80.5 Å². The van der Waals surface area contributed by atoms with Gasteiger partial charge in [-0.25, -0.2) is 0 Å². The third-order valence-electron chi connectivity index (χ3n) is 5.17. The maximum atomic E-state index is 10.2. The topological polar surface area (TPSA) is 57.2 Å². The molecule has 1 aliphatic rings. The first-order valence-corrected chi connectivity index (χ1v) is 10.1. The van der Waals surface area contributed by atoms with Crippen LogP contribution in [0.3, 0.4) is 0 Å². The Bertz CT molecular complexity index is 547. The molecule has 1 saturated heterocycles. The van der Waals surface area contributed by atoms with Crippen molar-refractivity contribution in [2.75, 3.05) is 53.5 Å². The number of likely N-dealkylation sites (tertiary alicyclic amines) is 1. The lowest BCUT2D eigenvalue weighted by molar-refractivity contribution is 0.0668. The fourth-order valence-electron chi connectivity index (χ4n) is 3.20. The average molecular weight is 380 g/mol. The molecule has 1 fully saturated rings. The zero-order chi connectivity index (χ0) is 19.6. The van der Waals surface area contributed by atoms with E-state index in [4.69, 9.17) is 9.47 Å². The molecule has 2 rings (SSSR count). The van der Waals surface area contributed by atoms with Crippen LogP contribution in [-0.2, 0) is 6.54 Å². The summed E-state index contributed by atoms with van der Waals surface area (Å²) in [5, 5.41) is 13.7. The van der Waals surface area contributed by atoms with Gasteiger partial charge >= 0.3 is 0 Å². The Morgan fingerprint density at radius 3 is 2.63 bits per heavy atom.